The molecule has 0 saturated heterocycles. The van der Waals surface area contributed by atoms with Gasteiger partial charge in [-0.2, -0.15) is 0 Å². The lowest BCUT2D eigenvalue weighted by Gasteiger charge is -2.03. The van der Waals surface area contributed by atoms with Crippen molar-refractivity contribution in [2.45, 2.75) is 6.92 Å². The van der Waals surface area contributed by atoms with Crippen molar-refractivity contribution < 1.29 is 9.53 Å². The van der Waals surface area contributed by atoms with Gasteiger partial charge in [0, 0.05) is 18.2 Å². The van der Waals surface area contributed by atoms with Crippen LogP contribution < -0.4 is 10.1 Å². The molecule has 15 heavy (non-hydrogen) atoms. The highest BCUT2D eigenvalue weighted by molar-refractivity contribution is 5.92. The third-order valence-electron chi connectivity index (χ3n) is 1.90. The van der Waals surface area contributed by atoms with E-state index < -0.39 is 0 Å². The maximum atomic E-state index is 11.2. The third-order valence-corrected chi connectivity index (χ3v) is 1.90. The standard InChI is InChI=1S/C12H15NO2/c1-3-13-12(14)9-8-10-6-4-5-7-11(10)15-2/h4-9H,3H2,1-2H3,(H,13,14)/b9-8-. The Morgan fingerprint density at radius 2 is 2.20 bits per heavy atom. The van der Waals surface area contributed by atoms with Crippen molar-refractivity contribution >= 4 is 12.0 Å². The zero-order valence-electron chi connectivity index (χ0n) is 8.99. The van der Waals surface area contributed by atoms with E-state index in [0.717, 1.165) is 11.3 Å². The van der Waals surface area contributed by atoms with Gasteiger partial charge < -0.3 is 10.1 Å². The van der Waals surface area contributed by atoms with E-state index in [2.05, 4.69) is 5.32 Å². The highest BCUT2D eigenvalue weighted by Crippen LogP contribution is 2.18. The fourth-order valence-corrected chi connectivity index (χ4v) is 1.20. The summed E-state index contributed by atoms with van der Waals surface area (Å²) in [5.74, 6) is 0.668. The van der Waals surface area contributed by atoms with Crippen LogP contribution in [-0.4, -0.2) is 19.6 Å². The lowest BCUT2D eigenvalue weighted by Crippen LogP contribution is -2.19. The molecule has 1 amide bonds. The average molecular weight is 205 g/mol. The third kappa shape index (κ3) is 3.46. The van der Waals surface area contributed by atoms with Crippen LogP contribution in [0.5, 0.6) is 5.75 Å². The predicted octanol–water partition coefficient (Wildman–Crippen LogP) is 1.84. The molecule has 80 valence electrons. The first-order valence-corrected chi connectivity index (χ1v) is 4.87. The highest BCUT2D eigenvalue weighted by atomic mass is 16.5. The second-order valence-electron chi connectivity index (χ2n) is 2.97. The molecule has 0 heterocycles. The number of para-hydroxylation sites is 1. The Labute approximate surface area is 89.8 Å². The number of likely N-dealkylation sites (N-methyl/N-ethyl adjacent to an activating group) is 1. The van der Waals surface area contributed by atoms with Crippen molar-refractivity contribution in [3.63, 3.8) is 0 Å². The molecule has 0 fully saturated rings. The molecule has 1 aromatic rings. The Balaban J connectivity index is 2.75. The van der Waals surface area contributed by atoms with Crippen molar-refractivity contribution in [2.24, 2.45) is 0 Å². The first-order chi connectivity index (χ1) is 7.27. The quantitative estimate of drug-likeness (QED) is 0.762. The molecule has 0 atom stereocenters. The van der Waals surface area contributed by atoms with Crippen molar-refractivity contribution in [3.8, 4) is 5.75 Å². The van der Waals surface area contributed by atoms with Gasteiger partial charge >= 0.3 is 0 Å². The molecule has 3 nitrogen and oxygen atoms in total. The summed E-state index contributed by atoms with van der Waals surface area (Å²) in [6.45, 7) is 2.52. The van der Waals surface area contributed by atoms with E-state index in [0.29, 0.717) is 6.54 Å². The Bertz CT molecular complexity index is 358. The number of carbonyl (C=O) groups is 1. The van der Waals surface area contributed by atoms with E-state index >= 15 is 0 Å². The van der Waals surface area contributed by atoms with Crippen molar-refractivity contribution in [1.82, 2.24) is 5.32 Å². The van der Waals surface area contributed by atoms with Gasteiger partial charge in [-0.1, -0.05) is 18.2 Å². The van der Waals surface area contributed by atoms with E-state index in [-0.39, 0.29) is 5.91 Å². The lowest BCUT2D eigenvalue weighted by atomic mass is 10.2. The zero-order valence-corrected chi connectivity index (χ0v) is 8.99. The Hall–Kier alpha value is -1.77. The second kappa shape index (κ2) is 5.86. The fraction of sp³-hybridized carbons (Fsp3) is 0.250. The van der Waals surface area contributed by atoms with Crippen LogP contribution in [0.1, 0.15) is 12.5 Å². The van der Waals surface area contributed by atoms with E-state index in [9.17, 15) is 4.79 Å². The fourth-order valence-electron chi connectivity index (χ4n) is 1.20. The van der Waals surface area contributed by atoms with Crippen LogP contribution in [0.3, 0.4) is 0 Å². The number of methoxy groups -OCH3 is 1. The Kier molecular flexibility index (Phi) is 4.41. The minimum absolute atomic E-state index is 0.0941. The van der Waals surface area contributed by atoms with Gasteiger partial charge in [-0.15, -0.1) is 0 Å². The summed E-state index contributed by atoms with van der Waals surface area (Å²) in [4.78, 5) is 11.2. The molecule has 0 aromatic heterocycles. The molecule has 3 heteroatoms. The van der Waals surface area contributed by atoms with E-state index in [1.54, 1.807) is 13.2 Å². The van der Waals surface area contributed by atoms with Crippen molar-refractivity contribution in [1.29, 1.82) is 0 Å². The van der Waals surface area contributed by atoms with Gasteiger partial charge in [0.1, 0.15) is 5.75 Å². The first-order valence-electron chi connectivity index (χ1n) is 4.87. The topological polar surface area (TPSA) is 38.3 Å². The van der Waals surface area contributed by atoms with Crippen LogP contribution in [0.15, 0.2) is 30.3 Å². The maximum Gasteiger partial charge on any atom is 0.243 e. The zero-order chi connectivity index (χ0) is 11.1. The molecule has 1 N–H and O–H groups in total. The number of benzene rings is 1. The second-order valence-corrected chi connectivity index (χ2v) is 2.97. The summed E-state index contributed by atoms with van der Waals surface area (Å²) < 4.78 is 5.15. The average Bonchev–Trinajstić information content (AvgIpc) is 2.27. The monoisotopic (exact) mass is 205 g/mol. The number of amides is 1. The molecule has 0 unspecified atom stereocenters. The number of hydrogen-bond acceptors (Lipinski definition) is 2. The minimum Gasteiger partial charge on any atom is -0.496 e. The normalized spacial score (nSPS) is 10.3. The van der Waals surface area contributed by atoms with Crippen LogP contribution in [0.2, 0.25) is 0 Å². The summed E-state index contributed by atoms with van der Waals surface area (Å²) in [6.07, 6.45) is 3.24. The molecule has 0 aliphatic rings. The molecule has 1 rings (SSSR count). The summed E-state index contributed by atoms with van der Waals surface area (Å²) >= 11 is 0. The summed E-state index contributed by atoms with van der Waals surface area (Å²) in [5, 5.41) is 2.69. The SMILES string of the molecule is CCNC(=O)/C=C\c1ccccc1OC. The lowest BCUT2D eigenvalue weighted by molar-refractivity contribution is -0.116. The van der Waals surface area contributed by atoms with Crippen molar-refractivity contribution in [2.75, 3.05) is 13.7 Å². The molecular weight excluding hydrogens is 190 g/mol. The van der Waals surface area contributed by atoms with Gasteiger partial charge in [-0.3, -0.25) is 4.79 Å². The van der Waals surface area contributed by atoms with E-state index in [1.165, 1.54) is 6.08 Å². The molecular formula is C12H15NO2. The van der Waals surface area contributed by atoms with E-state index in [1.807, 2.05) is 31.2 Å². The summed E-state index contributed by atoms with van der Waals surface area (Å²) in [7, 11) is 1.61. The van der Waals surface area contributed by atoms with Crippen LogP contribution in [0, 0.1) is 0 Å². The van der Waals surface area contributed by atoms with Crippen LogP contribution >= 0.6 is 0 Å². The number of ether oxygens (including phenoxy) is 1. The largest absolute Gasteiger partial charge is 0.496 e. The van der Waals surface area contributed by atoms with Crippen LogP contribution in [-0.2, 0) is 4.79 Å². The molecule has 0 spiro atoms. The van der Waals surface area contributed by atoms with Gasteiger partial charge in [0.05, 0.1) is 7.11 Å². The number of carbonyl (C=O) groups excluding carboxylic acids is 1. The highest BCUT2D eigenvalue weighted by Gasteiger charge is 1.97. The predicted molar refractivity (Wildman–Crippen MR) is 60.7 cm³/mol. The molecule has 0 saturated carbocycles. The van der Waals surface area contributed by atoms with Crippen molar-refractivity contribution in [3.05, 3.63) is 35.9 Å². The molecule has 0 bridgehead atoms. The molecule has 1 aromatic carbocycles. The van der Waals surface area contributed by atoms with Gasteiger partial charge in [-0.25, -0.2) is 0 Å². The molecule has 0 aliphatic heterocycles. The van der Waals surface area contributed by atoms with Crippen LogP contribution in [0.25, 0.3) is 6.08 Å². The van der Waals surface area contributed by atoms with Crippen LogP contribution in [0.4, 0.5) is 0 Å². The first kappa shape index (κ1) is 11.3. The summed E-state index contributed by atoms with van der Waals surface area (Å²) in [5.41, 5.74) is 0.895. The number of hydrogen-bond donors (Lipinski definition) is 1. The van der Waals surface area contributed by atoms with E-state index in [4.69, 9.17) is 4.74 Å². The molecule has 0 radical (unpaired) electrons. The molecule has 0 aliphatic carbocycles. The van der Waals surface area contributed by atoms with Gasteiger partial charge in [0.25, 0.3) is 0 Å². The van der Waals surface area contributed by atoms with Gasteiger partial charge in [-0.05, 0) is 19.1 Å². The number of nitrogens with one attached hydrogen (secondary N) is 1. The smallest absolute Gasteiger partial charge is 0.243 e. The van der Waals surface area contributed by atoms with Gasteiger partial charge in [0.15, 0.2) is 0 Å². The Morgan fingerprint density at radius 3 is 2.87 bits per heavy atom. The van der Waals surface area contributed by atoms with Gasteiger partial charge in [0.2, 0.25) is 5.91 Å². The number of rotatable bonds is 4. The Morgan fingerprint density at radius 1 is 1.47 bits per heavy atom. The summed E-state index contributed by atoms with van der Waals surface area (Å²) in [6, 6.07) is 7.55. The minimum atomic E-state index is -0.0941. The maximum absolute atomic E-state index is 11.2.